The Labute approximate surface area is 146 Å². The Kier molecular flexibility index (Phi) is 5.40. The Morgan fingerprint density at radius 3 is 2.44 bits per heavy atom. The fraction of sp³-hybridized carbons (Fsp3) is 0.316. The number of hydrogen-bond donors (Lipinski definition) is 2. The standard InChI is InChI=1S/C19H21N3O3/c23-18(21-16-6-4-15(5-7-16)19(24)25)13-22-11-8-14(9-12-22)17-3-1-2-10-20-17/h1-7,10,14H,8-9,11-13H2,(H,21,23)(H,24,25). The zero-order valence-corrected chi connectivity index (χ0v) is 13.9. The lowest BCUT2D eigenvalue weighted by molar-refractivity contribution is -0.117. The first-order valence-corrected chi connectivity index (χ1v) is 8.38. The summed E-state index contributed by atoms with van der Waals surface area (Å²) in [4.78, 5) is 29.6. The van der Waals surface area contributed by atoms with Crippen molar-refractivity contribution < 1.29 is 14.7 Å². The smallest absolute Gasteiger partial charge is 0.335 e. The van der Waals surface area contributed by atoms with E-state index < -0.39 is 5.97 Å². The quantitative estimate of drug-likeness (QED) is 0.875. The van der Waals surface area contributed by atoms with Crippen LogP contribution in [0.4, 0.5) is 5.69 Å². The summed E-state index contributed by atoms with van der Waals surface area (Å²) >= 11 is 0. The van der Waals surface area contributed by atoms with E-state index in [1.165, 1.54) is 12.1 Å². The number of anilines is 1. The predicted octanol–water partition coefficient (Wildman–Crippen LogP) is 2.60. The molecular formula is C19H21N3O3. The van der Waals surface area contributed by atoms with Gasteiger partial charge in [0.1, 0.15) is 0 Å². The van der Waals surface area contributed by atoms with Crippen molar-refractivity contribution in [1.29, 1.82) is 0 Å². The van der Waals surface area contributed by atoms with Gasteiger partial charge in [-0.1, -0.05) is 6.07 Å². The largest absolute Gasteiger partial charge is 0.478 e. The summed E-state index contributed by atoms with van der Waals surface area (Å²) in [5.74, 6) is -0.600. The van der Waals surface area contributed by atoms with Crippen molar-refractivity contribution in [3.63, 3.8) is 0 Å². The summed E-state index contributed by atoms with van der Waals surface area (Å²) in [5.41, 5.74) is 1.94. The summed E-state index contributed by atoms with van der Waals surface area (Å²) < 4.78 is 0. The SMILES string of the molecule is O=C(CN1CCC(c2ccccn2)CC1)Nc1ccc(C(=O)O)cc1. The maximum absolute atomic E-state index is 12.2. The van der Waals surface area contributed by atoms with Crippen LogP contribution in [0.1, 0.15) is 34.8 Å². The van der Waals surface area contributed by atoms with Gasteiger partial charge in [-0.15, -0.1) is 0 Å². The summed E-state index contributed by atoms with van der Waals surface area (Å²) in [7, 11) is 0. The Morgan fingerprint density at radius 2 is 1.84 bits per heavy atom. The minimum absolute atomic E-state index is 0.0839. The van der Waals surface area contributed by atoms with Gasteiger partial charge in [-0.05, 0) is 62.3 Å². The highest BCUT2D eigenvalue weighted by molar-refractivity contribution is 5.93. The van der Waals surface area contributed by atoms with Crippen molar-refractivity contribution in [3.8, 4) is 0 Å². The van der Waals surface area contributed by atoms with Crippen LogP contribution in [0, 0.1) is 0 Å². The van der Waals surface area contributed by atoms with Crippen molar-refractivity contribution >= 4 is 17.6 Å². The Bertz CT molecular complexity index is 723. The van der Waals surface area contributed by atoms with Gasteiger partial charge in [-0.3, -0.25) is 14.7 Å². The van der Waals surface area contributed by atoms with Crippen molar-refractivity contribution in [2.75, 3.05) is 25.0 Å². The molecule has 1 aliphatic rings. The second kappa shape index (κ2) is 7.90. The minimum Gasteiger partial charge on any atom is -0.478 e. The molecule has 25 heavy (non-hydrogen) atoms. The first kappa shape index (κ1) is 17.1. The first-order valence-electron chi connectivity index (χ1n) is 8.38. The zero-order chi connectivity index (χ0) is 17.6. The van der Waals surface area contributed by atoms with E-state index in [-0.39, 0.29) is 11.5 Å². The van der Waals surface area contributed by atoms with E-state index in [4.69, 9.17) is 5.11 Å². The number of amides is 1. The van der Waals surface area contributed by atoms with E-state index in [9.17, 15) is 9.59 Å². The summed E-state index contributed by atoms with van der Waals surface area (Å²) in [6, 6.07) is 12.2. The van der Waals surface area contributed by atoms with Gasteiger partial charge < -0.3 is 10.4 Å². The van der Waals surface area contributed by atoms with Gasteiger partial charge in [0, 0.05) is 23.5 Å². The Morgan fingerprint density at radius 1 is 1.12 bits per heavy atom. The molecule has 0 spiro atoms. The van der Waals surface area contributed by atoms with E-state index in [0.717, 1.165) is 31.6 Å². The number of nitrogens with zero attached hydrogens (tertiary/aromatic N) is 2. The second-order valence-corrected chi connectivity index (χ2v) is 6.24. The van der Waals surface area contributed by atoms with Gasteiger partial charge in [-0.25, -0.2) is 4.79 Å². The molecule has 0 unspecified atom stereocenters. The summed E-state index contributed by atoms with van der Waals surface area (Å²) in [6.07, 6.45) is 3.82. The maximum atomic E-state index is 12.2. The first-order chi connectivity index (χ1) is 12.1. The Balaban J connectivity index is 1.47. The number of aromatic nitrogens is 1. The molecule has 0 atom stereocenters. The molecule has 6 nitrogen and oxygen atoms in total. The lowest BCUT2D eigenvalue weighted by Gasteiger charge is -2.31. The molecule has 1 fully saturated rings. The van der Waals surface area contributed by atoms with E-state index >= 15 is 0 Å². The molecule has 6 heteroatoms. The van der Waals surface area contributed by atoms with E-state index in [2.05, 4.69) is 21.3 Å². The van der Waals surface area contributed by atoms with Crippen LogP contribution < -0.4 is 5.32 Å². The highest BCUT2D eigenvalue weighted by atomic mass is 16.4. The number of carbonyl (C=O) groups excluding carboxylic acids is 1. The van der Waals surface area contributed by atoms with Crippen LogP contribution in [-0.2, 0) is 4.79 Å². The lowest BCUT2D eigenvalue weighted by Crippen LogP contribution is -2.38. The molecule has 0 bridgehead atoms. The van der Waals surface area contributed by atoms with Crippen LogP contribution in [0.3, 0.4) is 0 Å². The van der Waals surface area contributed by atoms with Crippen LogP contribution in [0.2, 0.25) is 0 Å². The fourth-order valence-corrected chi connectivity index (χ4v) is 3.10. The molecule has 2 N–H and O–H groups in total. The molecular weight excluding hydrogens is 318 g/mol. The number of piperidine rings is 1. The van der Waals surface area contributed by atoms with Crippen molar-refractivity contribution in [2.45, 2.75) is 18.8 Å². The molecule has 1 aromatic heterocycles. The maximum Gasteiger partial charge on any atom is 0.335 e. The molecule has 2 heterocycles. The molecule has 130 valence electrons. The van der Waals surface area contributed by atoms with E-state index in [1.54, 1.807) is 12.1 Å². The highest BCUT2D eigenvalue weighted by Gasteiger charge is 2.22. The fourth-order valence-electron chi connectivity index (χ4n) is 3.10. The monoisotopic (exact) mass is 339 g/mol. The van der Waals surface area contributed by atoms with Crippen LogP contribution >= 0.6 is 0 Å². The number of nitrogens with one attached hydrogen (secondary N) is 1. The normalized spacial score (nSPS) is 15.7. The van der Waals surface area contributed by atoms with E-state index in [1.807, 2.05) is 18.3 Å². The number of carbonyl (C=O) groups is 2. The topological polar surface area (TPSA) is 82.5 Å². The Hall–Kier alpha value is -2.73. The van der Waals surface area contributed by atoms with Gasteiger partial charge in [0.15, 0.2) is 0 Å². The molecule has 1 amide bonds. The highest BCUT2D eigenvalue weighted by Crippen LogP contribution is 2.26. The molecule has 0 aliphatic carbocycles. The number of carboxylic acid groups (broad SMARTS) is 1. The van der Waals surface area contributed by atoms with Crippen LogP contribution in [-0.4, -0.2) is 46.5 Å². The lowest BCUT2D eigenvalue weighted by atomic mass is 9.93. The second-order valence-electron chi connectivity index (χ2n) is 6.24. The van der Waals surface area contributed by atoms with E-state index in [0.29, 0.717) is 18.2 Å². The number of rotatable bonds is 5. The molecule has 1 aromatic carbocycles. The van der Waals surface area contributed by atoms with Gasteiger partial charge >= 0.3 is 5.97 Å². The summed E-state index contributed by atoms with van der Waals surface area (Å²) in [6.45, 7) is 2.08. The number of aromatic carboxylic acids is 1. The molecule has 1 aliphatic heterocycles. The molecule has 2 aromatic rings. The van der Waals surface area contributed by atoms with Gasteiger partial charge in [-0.2, -0.15) is 0 Å². The predicted molar refractivity (Wildman–Crippen MR) is 94.7 cm³/mol. The minimum atomic E-state index is -0.978. The third-order valence-corrected chi connectivity index (χ3v) is 4.48. The number of hydrogen-bond acceptors (Lipinski definition) is 4. The van der Waals surface area contributed by atoms with Crippen LogP contribution in [0.5, 0.6) is 0 Å². The van der Waals surface area contributed by atoms with Crippen molar-refractivity contribution in [1.82, 2.24) is 9.88 Å². The third kappa shape index (κ3) is 4.64. The van der Waals surface area contributed by atoms with Crippen molar-refractivity contribution in [3.05, 3.63) is 59.9 Å². The number of pyridine rings is 1. The zero-order valence-electron chi connectivity index (χ0n) is 13.9. The number of likely N-dealkylation sites (tertiary alicyclic amines) is 1. The molecule has 0 radical (unpaired) electrons. The summed E-state index contributed by atoms with van der Waals surface area (Å²) in [5, 5.41) is 11.7. The van der Waals surface area contributed by atoms with Gasteiger partial charge in [0.2, 0.25) is 5.91 Å². The van der Waals surface area contributed by atoms with Crippen LogP contribution in [0.25, 0.3) is 0 Å². The van der Waals surface area contributed by atoms with Gasteiger partial charge in [0.25, 0.3) is 0 Å². The third-order valence-electron chi connectivity index (χ3n) is 4.48. The number of benzene rings is 1. The average Bonchev–Trinajstić information content (AvgIpc) is 2.63. The van der Waals surface area contributed by atoms with Crippen LogP contribution in [0.15, 0.2) is 48.7 Å². The molecule has 3 rings (SSSR count). The average molecular weight is 339 g/mol. The van der Waals surface area contributed by atoms with Crippen molar-refractivity contribution in [2.24, 2.45) is 0 Å². The molecule has 0 saturated carbocycles. The van der Waals surface area contributed by atoms with Gasteiger partial charge in [0.05, 0.1) is 12.1 Å². The number of carboxylic acids is 1. The molecule has 1 saturated heterocycles.